The van der Waals surface area contributed by atoms with E-state index in [9.17, 15) is 0 Å². The van der Waals surface area contributed by atoms with Crippen LogP contribution in [0.25, 0.3) is 0 Å². The summed E-state index contributed by atoms with van der Waals surface area (Å²) in [6.07, 6.45) is 11.0. The van der Waals surface area contributed by atoms with Crippen LogP contribution in [0.15, 0.2) is 4.99 Å². The van der Waals surface area contributed by atoms with Crippen molar-refractivity contribution in [1.82, 2.24) is 15.1 Å². The molecule has 0 bridgehead atoms. The van der Waals surface area contributed by atoms with Gasteiger partial charge in [0.15, 0.2) is 5.96 Å². The molecule has 2 saturated carbocycles. The van der Waals surface area contributed by atoms with E-state index in [0.717, 1.165) is 38.1 Å². The molecule has 0 radical (unpaired) electrons. The van der Waals surface area contributed by atoms with Gasteiger partial charge < -0.3 is 15.0 Å². The SMILES string of the molecule is CCOC1CC(NC(=NC)N2CCC(N3CCCC3)C2)C12CCCC2.I. The standard InChI is InChI=1S/C20H36N4O.HI/c1-3-25-18-14-17(20(18)9-4-5-10-20)22-19(21-2)24-13-8-16(15-24)23-11-6-7-12-23;/h16-18H,3-15H2,1-2H3,(H,21,22);1H. The number of guanidine groups is 1. The molecule has 0 amide bonds. The molecule has 4 rings (SSSR count). The Morgan fingerprint density at radius 2 is 1.88 bits per heavy atom. The number of hydrogen-bond acceptors (Lipinski definition) is 3. The molecule has 0 aromatic carbocycles. The summed E-state index contributed by atoms with van der Waals surface area (Å²) in [5.41, 5.74) is 0.375. The van der Waals surface area contributed by atoms with Crippen LogP contribution >= 0.6 is 24.0 Å². The topological polar surface area (TPSA) is 40.1 Å². The minimum atomic E-state index is 0. The molecule has 6 heteroatoms. The molecule has 2 heterocycles. The Balaban J connectivity index is 0.00000196. The lowest BCUT2D eigenvalue weighted by molar-refractivity contribution is -0.126. The molecule has 2 aliphatic heterocycles. The Morgan fingerprint density at radius 3 is 2.54 bits per heavy atom. The van der Waals surface area contributed by atoms with Crippen molar-refractivity contribution in [3.05, 3.63) is 0 Å². The zero-order chi connectivity index (χ0) is 17.3. The zero-order valence-electron chi connectivity index (χ0n) is 16.6. The number of nitrogens with zero attached hydrogens (tertiary/aromatic N) is 3. The third-order valence-electron chi connectivity index (χ3n) is 7.32. The molecular formula is C20H37IN4O. The van der Waals surface area contributed by atoms with E-state index in [1.807, 2.05) is 7.05 Å². The second-order valence-corrected chi connectivity index (χ2v) is 8.50. The number of ether oxygens (including phenoxy) is 1. The summed E-state index contributed by atoms with van der Waals surface area (Å²) in [6, 6.07) is 1.29. The summed E-state index contributed by atoms with van der Waals surface area (Å²) in [5, 5.41) is 3.85. The fraction of sp³-hybridized carbons (Fsp3) is 0.950. The van der Waals surface area contributed by atoms with Crippen LogP contribution in [0.4, 0.5) is 0 Å². The third-order valence-corrected chi connectivity index (χ3v) is 7.32. The van der Waals surface area contributed by atoms with Crippen molar-refractivity contribution in [3.63, 3.8) is 0 Å². The van der Waals surface area contributed by atoms with Gasteiger partial charge in [0.25, 0.3) is 0 Å². The number of hydrogen-bond donors (Lipinski definition) is 1. The molecule has 150 valence electrons. The molecule has 3 atom stereocenters. The molecule has 0 aromatic rings. The first-order chi connectivity index (χ1) is 12.3. The summed E-state index contributed by atoms with van der Waals surface area (Å²) in [4.78, 5) is 9.84. The lowest BCUT2D eigenvalue weighted by atomic mass is 9.60. The minimum absolute atomic E-state index is 0. The zero-order valence-corrected chi connectivity index (χ0v) is 18.9. The van der Waals surface area contributed by atoms with Crippen molar-refractivity contribution in [1.29, 1.82) is 0 Å². The van der Waals surface area contributed by atoms with Crippen molar-refractivity contribution in [2.24, 2.45) is 10.4 Å². The molecule has 4 fully saturated rings. The Hall–Kier alpha value is -0.0800. The van der Waals surface area contributed by atoms with Gasteiger partial charge >= 0.3 is 0 Å². The van der Waals surface area contributed by atoms with Gasteiger partial charge in [-0.3, -0.25) is 9.89 Å². The van der Waals surface area contributed by atoms with Crippen molar-refractivity contribution >= 4 is 29.9 Å². The van der Waals surface area contributed by atoms with Crippen LogP contribution in [0.2, 0.25) is 0 Å². The van der Waals surface area contributed by atoms with E-state index in [1.165, 1.54) is 58.0 Å². The van der Waals surface area contributed by atoms with E-state index in [1.54, 1.807) is 0 Å². The molecule has 2 aliphatic carbocycles. The first kappa shape index (κ1) is 20.6. The van der Waals surface area contributed by atoms with Crippen LogP contribution in [0, 0.1) is 5.41 Å². The predicted molar refractivity (Wildman–Crippen MR) is 117 cm³/mol. The average Bonchev–Trinajstić information content (AvgIpc) is 3.38. The molecule has 3 unspecified atom stereocenters. The fourth-order valence-electron chi connectivity index (χ4n) is 5.88. The van der Waals surface area contributed by atoms with Crippen LogP contribution in [0.5, 0.6) is 0 Å². The number of aliphatic imine (C=N–C) groups is 1. The Labute approximate surface area is 176 Å². The lowest BCUT2D eigenvalue weighted by Gasteiger charge is -2.54. The van der Waals surface area contributed by atoms with Gasteiger partial charge in [0.05, 0.1) is 6.10 Å². The minimum Gasteiger partial charge on any atom is -0.378 e. The quantitative estimate of drug-likeness (QED) is 0.385. The molecule has 1 spiro atoms. The highest BCUT2D eigenvalue weighted by Crippen LogP contribution is 2.54. The van der Waals surface area contributed by atoms with Crippen molar-refractivity contribution in [2.75, 3.05) is 39.8 Å². The first-order valence-corrected chi connectivity index (χ1v) is 10.6. The maximum atomic E-state index is 6.07. The summed E-state index contributed by atoms with van der Waals surface area (Å²) in [5.74, 6) is 1.13. The largest absolute Gasteiger partial charge is 0.378 e. The van der Waals surface area contributed by atoms with Gasteiger partial charge in [-0.2, -0.15) is 0 Å². The van der Waals surface area contributed by atoms with E-state index in [0.29, 0.717) is 17.6 Å². The van der Waals surface area contributed by atoms with E-state index in [2.05, 4.69) is 27.0 Å². The highest BCUT2D eigenvalue weighted by Gasteiger charge is 2.57. The summed E-state index contributed by atoms with van der Waals surface area (Å²) in [6.45, 7) is 7.87. The smallest absolute Gasteiger partial charge is 0.193 e. The molecular weight excluding hydrogens is 439 g/mol. The number of likely N-dealkylation sites (tertiary alicyclic amines) is 2. The number of nitrogens with one attached hydrogen (secondary N) is 1. The highest BCUT2D eigenvalue weighted by atomic mass is 127. The Bertz CT molecular complexity index is 488. The molecule has 4 aliphatic rings. The van der Waals surface area contributed by atoms with E-state index < -0.39 is 0 Å². The Morgan fingerprint density at radius 1 is 1.15 bits per heavy atom. The molecule has 5 nitrogen and oxygen atoms in total. The van der Waals surface area contributed by atoms with Gasteiger partial charge in [-0.05, 0) is 58.5 Å². The van der Waals surface area contributed by atoms with E-state index in [-0.39, 0.29) is 24.0 Å². The number of halogens is 1. The van der Waals surface area contributed by atoms with Gasteiger partial charge in [0.2, 0.25) is 0 Å². The fourth-order valence-corrected chi connectivity index (χ4v) is 5.88. The summed E-state index contributed by atoms with van der Waals surface area (Å²) < 4.78 is 6.07. The van der Waals surface area contributed by atoms with Gasteiger partial charge in [-0.1, -0.05) is 12.8 Å². The first-order valence-electron chi connectivity index (χ1n) is 10.6. The normalized spacial score (nSPS) is 34.2. The van der Waals surface area contributed by atoms with Gasteiger partial charge in [0, 0.05) is 44.2 Å². The van der Waals surface area contributed by atoms with Crippen LogP contribution < -0.4 is 5.32 Å². The Kier molecular flexibility index (Phi) is 7.11. The van der Waals surface area contributed by atoms with Crippen LogP contribution in [0.3, 0.4) is 0 Å². The van der Waals surface area contributed by atoms with E-state index >= 15 is 0 Å². The molecule has 1 N–H and O–H groups in total. The van der Waals surface area contributed by atoms with Crippen molar-refractivity contribution in [2.45, 2.75) is 76.5 Å². The molecule has 2 saturated heterocycles. The second-order valence-electron chi connectivity index (χ2n) is 8.50. The summed E-state index contributed by atoms with van der Waals surface area (Å²) >= 11 is 0. The number of rotatable bonds is 4. The average molecular weight is 476 g/mol. The van der Waals surface area contributed by atoms with Crippen molar-refractivity contribution < 1.29 is 4.74 Å². The maximum Gasteiger partial charge on any atom is 0.193 e. The van der Waals surface area contributed by atoms with Gasteiger partial charge in [-0.25, -0.2) is 0 Å². The predicted octanol–water partition coefficient (Wildman–Crippen LogP) is 3.09. The third kappa shape index (κ3) is 3.75. The van der Waals surface area contributed by atoms with Crippen LogP contribution in [-0.2, 0) is 4.74 Å². The monoisotopic (exact) mass is 476 g/mol. The van der Waals surface area contributed by atoms with Crippen molar-refractivity contribution in [3.8, 4) is 0 Å². The molecule has 0 aromatic heterocycles. The second kappa shape index (κ2) is 8.95. The highest BCUT2D eigenvalue weighted by molar-refractivity contribution is 14.0. The van der Waals surface area contributed by atoms with Gasteiger partial charge in [-0.15, -0.1) is 24.0 Å². The lowest BCUT2D eigenvalue weighted by Crippen LogP contribution is -2.65. The van der Waals surface area contributed by atoms with Crippen LogP contribution in [-0.4, -0.2) is 73.8 Å². The van der Waals surface area contributed by atoms with Gasteiger partial charge in [0.1, 0.15) is 0 Å². The molecule has 26 heavy (non-hydrogen) atoms. The van der Waals surface area contributed by atoms with E-state index in [4.69, 9.17) is 4.74 Å². The summed E-state index contributed by atoms with van der Waals surface area (Å²) in [7, 11) is 1.95. The maximum absolute atomic E-state index is 6.07. The van der Waals surface area contributed by atoms with Crippen LogP contribution in [0.1, 0.15) is 58.3 Å².